The van der Waals surface area contributed by atoms with Crippen molar-refractivity contribution < 1.29 is 38.5 Å². The van der Waals surface area contributed by atoms with Gasteiger partial charge in [-0.2, -0.15) is 0 Å². The first-order chi connectivity index (χ1) is 23.4. The normalized spacial score (nSPS) is 11.0. The second kappa shape index (κ2) is 29.1. The lowest BCUT2D eigenvalue weighted by Gasteiger charge is -2.14. The van der Waals surface area contributed by atoms with Gasteiger partial charge in [0.1, 0.15) is 0 Å². The molecule has 1 rings (SSSR count). The zero-order chi connectivity index (χ0) is 35.2. The second-order valence-electron chi connectivity index (χ2n) is 13.1. The minimum Gasteiger partial charge on any atom is -0.478 e. The fourth-order valence-corrected chi connectivity index (χ4v) is 5.72. The lowest BCUT2D eigenvalue weighted by atomic mass is 9.98. The van der Waals surface area contributed by atoms with E-state index >= 15 is 0 Å². The molecule has 0 aliphatic carbocycles. The third-order valence-electron chi connectivity index (χ3n) is 8.74. The van der Waals surface area contributed by atoms with Crippen LogP contribution >= 0.6 is 0 Å². The van der Waals surface area contributed by atoms with Crippen LogP contribution < -0.4 is 0 Å². The number of ether oxygens (including phenoxy) is 3. The molecule has 0 aliphatic heterocycles. The number of unbranched alkanes of at least 4 members (excludes halogenated alkanes) is 21. The minimum atomic E-state index is -1.40. The summed E-state index contributed by atoms with van der Waals surface area (Å²) in [5, 5.41) is 9.95. The number of carboxylic acids is 1. The van der Waals surface area contributed by atoms with Gasteiger partial charge < -0.3 is 19.3 Å². The zero-order valence-corrected chi connectivity index (χ0v) is 30.6. The van der Waals surface area contributed by atoms with Gasteiger partial charge in [-0.05, 0) is 31.4 Å². The maximum Gasteiger partial charge on any atom is 0.339 e. The summed E-state index contributed by atoms with van der Waals surface area (Å²) in [5.41, 5.74) is -1.08. The maximum absolute atomic E-state index is 13.3. The van der Waals surface area contributed by atoms with Crippen molar-refractivity contribution in [2.45, 2.75) is 175 Å². The molecule has 1 N–H and O–H groups in total. The Kier molecular flexibility index (Phi) is 26.1. The van der Waals surface area contributed by atoms with Crippen molar-refractivity contribution in [2.75, 3.05) is 19.8 Å². The van der Waals surface area contributed by atoms with Crippen molar-refractivity contribution in [1.82, 2.24) is 0 Å². The summed E-state index contributed by atoms with van der Waals surface area (Å²) in [6.07, 6.45) is 26.0. The van der Waals surface area contributed by atoms with Gasteiger partial charge in [0.25, 0.3) is 0 Å². The van der Waals surface area contributed by atoms with Crippen molar-refractivity contribution in [3.05, 3.63) is 34.4 Å². The number of carbonyl (C=O) groups excluding carboxylic acids is 3. The fraction of sp³-hybridized carbons (Fsp3) is 0.750. The molecule has 0 amide bonds. The Labute approximate surface area is 291 Å². The number of hydrogen-bond acceptors (Lipinski definition) is 7. The highest BCUT2D eigenvalue weighted by Crippen LogP contribution is 2.22. The highest BCUT2D eigenvalue weighted by molar-refractivity contribution is 6.10. The Morgan fingerprint density at radius 1 is 0.396 bits per heavy atom. The van der Waals surface area contributed by atoms with Crippen LogP contribution in [0.2, 0.25) is 0 Å². The van der Waals surface area contributed by atoms with Crippen molar-refractivity contribution in [3.8, 4) is 0 Å². The van der Waals surface area contributed by atoms with E-state index in [-0.39, 0.29) is 36.5 Å². The van der Waals surface area contributed by atoms with Crippen LogP contribution in [-0.4, -0.2) is 48.8 Å². The van der Waals surface area contributed by atoms with Crippen molar-refractivity contribution in [1.29, 1.82) is 0 Å². The van der Waals surface area contributed by atoms with Gasteiger partial charge in [-0.25, -0.2) is 19.2 Å². The van der Waals surface area contributed by atoms with Crippen LogP contribution in [0.3, 0.4) is 0 Å². The molecule has 0 saturated heterocycles. The van der Waals surface area contributed by atoms with Crippen LogP contribution in [0.25, 0.3) is 0 Å². The Morgan fingerprint density at radius 2 is 0.625 bits per heavy atom. The Morgan fingerprint density at radius 3 is 0.896 bits per heavy atom. The minimum absolute atomic E-state index is 0.146. The molecular formula is C40H66O8. The Balaban J connectivity index is 2.89. The number of rotatable bonds is 31. The molecule has 0 saturated carbocycles. The molecule has 0 spiro atoms. The molecule has 0 aliphatic rings. The lowest BCUT2D eigenvalue weighted by Crippen LogP contribution is -2.20. The molecule has 0 aromatic heterocycles. The average molecular weight is 675 g/mol. The fourth-order valence-electron chi connectivity index (χ4n) is 5.72. The first-order valence-corrected chi connectivity index (χ1v) is 19.3. The molecule has 0 heterocycles. The van der Waals surface area contributed by atoms with Crippen LogP contribution in [0.1, 0.15) is 216 Å². The number of carbonyl (C=O) groups is 4. The van der Waals surface area contributed by atoms with E-state index in [1.165, 1.54) is 77.0 Å². The number of carboxylic acid groups (broad SMARTS) is 1. The van der Waals surface area contributed by atoms with Crippen LogP contribution in [0, 0.1) is 0 Å². The van der Waals surface area contributed by atoms with E-state index in [0.29, 0.717) is 19.3 Å². The van der Waals surface area contributed by atoms with Crippen LogP contribution in [0.5, 0.6) is 0 Å². The Bertz CT molecular complexity index is 1030. The first-order valence-electron chi connectivity index (χ1n) is 19.3. The predicted molar refractivity (Wildman–Crippen MR) is 192 cm³/mol. The maximum atomic E-state index is 13.3. The summed E-state index contributed by atoms with van der Waals surface area (Å²) >= 11 is 0. The highest BCUT2D eigenvalue weighted by Gasteiger charge is 2.28. The topological polar surface area (TPSA) is 116 Å². The lowest BCUT2D eigenvalue weighted by molar-refractivity contribution is 0.0446. The van der Waals surface area contributed by atoms with Crippen molar-refractivity contribution >= 4 is 23.9 Å². The van der Waals surface area contributed by atoms with E-state index < -0.39 is 29.4 Å². The number of benzene rings is 1. The Hall–Kier alpha value is -2.90. The van der Waals surface area contributed by atoms with Crippen LogP contribution in [0.15, 0.2) is 12.1 Å². The molecule has 0 bridgehead atoms. The summed E-state index contributed by atoms with van der Waals surface area (Å²) in [6.45, 7) is 7.04. The van der Waals surface area contributed by atoms with E-state index in [1.54, 1.807) is 0 Å². The van der Waals surface area contributed by atoms with Gasteiger partial charge in [0, 0.05) is 0 Å². The second-order valence-corrected chi connectivity index (χ2v) is 13.1. The van der Waals surface area contributed by atoms with Gasteiger partial charge >= 0.3 is 23.9 Å². The molecule has 1 aromatic rings. The molecule has 8 nitrogen and oxygen atoms in total. The monoisotopic (exact) mass is 674 g/mol. The largest absolute Gasteiger partial charge is 0.478 e. The average Bonchev–Trinajstić information content (AvgIpc) is 3.08. The molecule has 0 radical (unpaired) electrons. The number of aromatic carboxylic acids is 1. The molecular weight excluding hydrogens is 608 g/mol. The van der Waals surface area contributed by atoms with Gasteiger partial charge in [-0.15, -0.1) is 0 Å². The van der Waals surface area contributed by atoms with Crippen molar-refractivity contribution in [2.24, 2.45) is 0 Å². The molecule has 0 atom stereocenters. The van der Waals surface area contributed by atoms with Gasteiger partial charge in [0.2, 0.25) is 0 Å². The molecule has 48 heavy (non-hydrogen) atoms. The van der Waals surface area contributed by atoms with Crippen molar-refractivity contribution in [3.63, 3.8) is 0 Å². The van der Waals surface area contributed by atoms with Crippen LogP contribution in [-0.2, 0) is 14.2 Å². The van der Waals surface area contributed by atoms with E-state index in [4.69, 9.17) is 14.2 Å². The van der Waals surface area contributed by atoms with Gasteiger partial charge in [-0.3, -0.25) is 0 Å². The zero-order valence-electron chi connectivity index (χ0n) is 30.6. The third kappa shape index (κ3) is 19.8. The van der Waals surface area contributed by atoms with E-state index in [1.807, 2.05) is 0 Å². The quantitative estimate of drug-likeness (QED) is 0.0470. The highest BCUT2D eigenvalue weighted by atomic mass is 16.5. The number of hydrogen-bond donors (Lipinski definition) is 1. The molecule has 274 valence electrons. The summed E-state index contributed by atoms with van der Waals surface area (Å²) in [4.78, 5) is 51.7. The summed E-state index contributed by atoms with van der Waals surface area (Å²) in [7, 11) is 0. The molecule has 8 heteroatoms. The SMILES string of the molecule is CCCCCCCCCCOC(=O)c1cc(C(=O)OCCCCCCCCCC)c(C(=O)OCCCCCCCCCC)cc1C(=O)O. The summed E-state index contributed by atoms with van der Waals surface area (Å²) < 4.78 is 16.4. The van der Waals surface area contributed by atoms with E-state index in [2.05, 4.69) is 20.8 Å². The number of esters is 3. The first kappa shape index (κ1) is 43.1. The van der Waals surface area contributed by atoms with E-state index in [0.717, 1.165) is 69.9 Å². The standard InChI is InChI=1S/C40H66O8/c1-4-7-10-13-16-19-22-25-28-46-38(43)34-32-36(40(45)48-30-27-24-21-18-15-12-9-6-3)35(31-33(34)37(41)42)39(44)47-29-26-23-20-17-14-11-8-5-2/h31-32H,4-30H2,1-3H3,(H,41,42). The molecule has 0 fully saturated rings. The molecule has 1 aromatic carbocycles. The van der Waals surface area contributed by atoms with Gasteiger partial charge in [0.15, 0.2) is 0 Å². The summed E-state index contributed by atoms with van der Waals surface area (Å²) in [5.74, 6) is -3.83. The third-order valence-corrected chi connectivity index (χ3v) is 8.74. The van der Waals surface area contributed by atoms with Gasteiger partial charge in [-0.1, -0.05) is 156 Å². The molecule has 0 unspecified atom stereocenters. The predicted octanol–water partition coefficient (Wildman–Crippen LogP) is 11.3. The van der Waals surface area contributed by atoms with Gasteiger partial charge in [0.05, 0.1) is 42.1 Å². The summed E-state index contributed by atoms with van der Waals surface area (Å²) in [6, 6.07) is 2.18. The van der Waals surface area contributed by atoms with E-state index in [9.17, 15) is 24.3 Å². The van der Waals surface area contributed by atoms with Crippen LogP contribution in [0.4, 0.5) is 0 Å². The smallest absolute Gasteiger partial charge is 0.339 e.